The second-order valence-electron chi connectivity index (χ2n) is 3.59. The fraction of sp³-hybridized carbons (Fsp3) is 0.400. The van der Waals surface area contributed by atoms with Crippen LogP contribution in [0.25, 0.3) is 0 Å². The summed E-state index contributed by atoms with van der Waals surface area (Å²) in [5.74, 6) is -1.68. The predicted molar refractivity (Wildman–Crippen MR) is 63.4 cm³/mol. The lowest BCUT2D eigenvalue weighted by Crippen LogP contribution is -2.37. The van der Waals surface area contributed by atoms with Gasteiger partial charge >= 0.3 is 5.97 Å². The van der Waals surface area contributed by atoms with Gasteiger partial charge in [-0.05, 0) is 12.1 Å². The first-order chi connectivity index (χ1) is 8.41. The average Bonchev–Trinajstić information content (AvgIpc) is 2.35. The largest absolute Gasteiger partial charge is 0.479 e. The molecule has 0 spiro atoms. The van der Waals surface area contributed by atoms with Gasteiger partial charge in [0.05, 0.1) is 5.75 Å². The van der Waals surface area contributed by atoms with Gasteiger partial charge in [-0.1, -0.05) is 6.07 Å². The third kappa shape index (κ3) is 5.21. The Hall–Kier alpha value is -1.51. The third-order valence-electron chi connectivity index (χ3n) is 2.13. The van der Waals surface area contributed by atoms with Crippen LogP contribution in [-0.2, 0) is 21.2 Å². The first-order valence-corrected chi connectivity index (χ1v) is 6.84. The van der Waals surface area contributed by atoms with Crippen molar-refractivity contribution in [3.8, 4) is 0 Å². The van der Waals surface area contributed by atoms with Crippen molar-refractivity contribution >= 4 is 16.0 Å². The quantitative estimate of drug-likeness (QED) is 0.586. The molecule has 0 saturated carbocycles. The molecule has 0 saturated heterocycles. The van der Waals surface area contributed by atoms with Crippen molar-refractivity contribution in [1.29, 1.82) is 0 Å². The van der Waals surface area contributed by atoms with Crippen LogP contribution in [0.15, 0.2) is 24.4 Å². The molecule has 0 unspecified atom stereocenters. The van der Waals surface area contributed by atoms with Crippen LogP contribution in [-0.4, -0.2) is 48.0 Å². The molecule has 0 bridgehead atoms. The SMILES string of the molecule is O=C(O)[C@@H](O)CNS(=O)(=O)CCc1ccccn1. The maximum absolute atomic E-state index is 11.5. The van der Waals surface area contributed by atoms with Crippen LogP contribution in [0, 0.1) is 0 Å². The molecule has 0 aromatic carbocycles. The van der Waals surface area contributed by atoms with E-state index in [1.165, 1.54) is 0 Å². The van der Waals surface area contributed by atoms with Gasteiger partial charge in [0.1, 0.15) is 0 Å². The summed E-state index contributed by atoms with van der Waals surface area (Å²) in [7, 11) is -3.62. The van der Waals surface area contributed by atoms with E-state index >= 15 is 0 Å². The molecule has 0 aliphatic carbocycles. The van der Waals surface area contributed by atoms with Crippen LogP contribution in [0.1, 0.15) is 5.69 Å². The molecule has 7 nitrogen and oxygen atoms in total. The van der Waals surface area contributed by atoms with Gasteiger partial charge in [-0.15, -0.1) is 0 Å². The molecule has 1 aromatic heterocycles. The van der Waals surface area contributed by atoms with Crippen LogP contribution in [0.3, 0.4) is 0 Å². The molecule has 3 N–H and O–H groups in total. The number of aromatic nitrogens is 1. The van der Waals surface area contributed by atoms with Crippen molar-refractivity contribution in [2.24, 2.45) is 0 Å². The minimum Gasteiger partial charge on any atom is -0.479 e. The highest BCUT2D eigenvalue weighted by atomic mass is 32.2. The van der Waals surface area contributed by atoms with Crippen molar-refractivity contribution in [3.05, 3.63) is 30.1 Å². The van der Waals surface area contributed by atoms with E-state index < -0.39 is 28.6 Å². The van der Waals surface area contributed by atoms with E-state index in [4.69, 9.17) is 10.2 Å². The molecule has 0 aliphatic heterocycles. The van der Waals surface area contributed by atoms with E-state index in [0.29, 0.717) is 5.69 Å². The molecule has 8 heteroatoms. The van der Waals surface area contributed by atoms with Crippen molar-refractivity contribution in [2.45, 2.75) is 12.5 Å². The number of hydrogen-bond acceptors (Lipinski definition) is 5. The summed E-state index contributed by atoms with van der Waals surface area (Å²) < 4.78 is 25.0. The molecule has 0 amide bonds. The van der Waals surface area contributed by atoms with Gasteiger partial charge < -0.3 is 10.2 Å². The number of aliphatic hydroxyl groups excluding tert-OH is 1. The fourth-order valence-corrected chi connectivity index (χ4v) is 2.18. The smallest absolute Gasteiger partial charge is 0.333 e. The number of rotatable bonds is 7. The molecule has 100 valence electrons. The minimum absolute atomic E-state index is 0.212. The Balaban J connectivity index is 2.43. The predicted octanol–water partition coefficient (Wildman–Crippen LogP) is -1.01. The second-order valence-corrected chi connectivity index (χ2v) is 5.52. The van der Waals surface area contributed by atoms with E-state index in [-0.39, 0.29) is 12.2 Å². The molecule has 1 heterocycles. The minimum atomic E-state index is -3.62. The van der Waals surface area contributed by atoms with E-state index in [1.54, 1.807) is 24.4 Å². The number of nitrogens with zero attached hydrogens (tertiary/aromatic N) is 1. The Bertz CT molecular complexity index is 488. The molecular formula is C10H14N2O5S. The van der Waals surface area contributed by atoms with Crippen LogP contribution >= 0.6 is 0 Å². The molecule has 1 rings (SSSR count). The Morgan fingerprint density at radius 3 is 2.72 bits per heavy atom. The number of aryl methyl sites for hydroxylation is 1. The summed E-state index contributed by atoms with van der Waals surface area (Å²) in [5, 5.41) is 17.3. The van der Waals surface area contributed by atoms with Crippen molar-refractivity contribution < 1.29 is 23.4 Å². The number of aliphatic carboxylic acids is 1. The lowest BCUT2D eigenvalue weighted by Gasteiger charge is -2.08. The van der Waals surface area contributed by atoms with E-state index in [1.807, 2.05) is 4.72 Å². The topological polar surface area (TPSA) is 117 Å². The Morgan fingerprint density at radius 1 is 1.44 bits per heavy atom. The van der Waals surface area contributed by atoms with E-state index in [2.05, 4.69) is 4.98 Å². The molecule has 1 aromatic rings. The number of hydrogen-bond donors (Lipinski definition) is 3. The molecule has 0 aliphatic rings. The Kier molecular flexibility index (Phi) is 5.20. The van der Waals surface area contributed by atoms with Crippen LogP contribution in [0.2, 0.25) is 0 Å². The average molecular weight is 274 g/mol. The van der Waals surface area contributed by atoms with Gasteiger partial charge in [-0.2, -0.15) is 0 Å². The maximum atomic E-state index is 11.5. The van der Waals surface area contributed by atoms with Crippen molar-refractivity contribution in [2.75, 3.05) is 12.3 Å². The number of carboxylic acid groups (broad SMARTS) is 1. The Morgan fingerprint density at radius 2 is 2.17 bits per heavy atom. The van der Waals surface area contributed by atoms with Crippen LogP contribution in [0.5, 0.6) is 0 Å². The van der Waals surface area contributed by atoms with Crippen LogP contribution < -0.4 is 4.72 Å². The molecule has 0 radical (unpaired) electrons. The first kappa shape index (κ1) is 14.6. The summed E-state index contributed by atoms with van der Waals surface area (Å²) in [6.45, 7) is -0.542. The summed E-state index contributed by atoms with van der Waals surface area (Å²) in [6, 6.07) is 5.16. The van der Waals surface area contributed by atoms with E-state index in [0.717, 1.165) is 0 Å². The normalized spacial score (nSPS) is 13.2. The third-order valence-corrected chi connectivity index (χ3v) is 3.48. The number of aliphatic hydroxyl groups is 1. The zero-order valence-electron chi connectivity index (χ0n) is 9.48. The van der Waals surface area contributed by atoms with Gasteiger partial charge in [-0.25, -0.2) is 17.9 Å². The summed E-state index contributed by atoms with van der Waals surface area (Å²) in [6.07, 6.45) is 0.0396. The number of pyridine rings is 1. The van der Waals surface area contributed by atoms with Crippen LogP contribution in [0.4, 0.5) is 0 Å². The molecule has 1 atom stereocenters. The molecular weight excluding hydrogens is 260 g/mol. The zero-order chi connectivity index (χ0) is 13.6. The standard InChI is InChI=1S/C10H14N2O5S/c13-9(10(14)15)7-12-18(16,17)6-4-8-3-1-2-5-11-8/h1-3,5,9,12-13H,4,6-7H2,(H,14,15)/t9-/m0/s1. The van der Waals surface area contributed by atoms with Gasteiger partial charge in [0.15, 0.2) is 6.10 Å². The highest BCUT2D eigenvalue weighted by molar-refractivity contribution is 7.89. The van der Waals surface area contributed by atoms with E-state index in [9.17, 15) is 13.2 Å². The highest BCUT2D eigenvalue weighted by Crippen LogP contribution is 1.97. The number of sulfonamides is 1. The molecule has 0 fully saturated rings. The fourth-order valence-electron chi connectivity index (χ4n) is 1.15. The Labute approximate surface area is 105 Å². The van der Waals surface area contributed by atoms with Gasteiger partial charge in [-0.3, -0.25) is 4.98 Å². The monoisotopic (exact) mass is 274 g/mol. The van der Waals surface area contributed by atoms with Crippen molar-refractivity contribution in [3.63, 3.8) is 0 Å². The maximum Gasteiger partial charge on any atom is 0.333 e. The molecule has 18 heavy (non-hydrogen) atoms. The van der Waals surface area contributed by atoms with Gasteiger partial charge in [0, 0.05) is 24.9 Å². The van der Waals surface area contributed by atoms with Gasteiger partial charge in [0.2, 0.25) is 10.0 Å². The first-order valence-electron chi connectivity index (χ1n) is 5.19. The zero-order valence-corrected chi connectivity index (χ0v) is 10.3. The summed E-state index contributed by atoms with van der Waals surface area (Å²) >= 11 is 0. The number of carboxylic acids is 1. The number of nitrogens with one attached hydrogen (secondary N) is 1. The highest BCUT2D eigenvalue weighted by Gasteiger charge is 2.17. The summed E-state index contributed by atoms with van der Waals surface area (Å²) in [5.41, 5.74) is 0.627. The second kappa shape index (κ2) is 6.43. The lowest BCUT2D eigenvalue weighted by molar-refractivity contribution is -0.146. The van der Waals surface area contributed by atoms with Gasteiger partial charge in [0.25, 0.3) is 0 Å². The summed E-state index contributed by atoms with van der Waals surface area (Å²) in [4.78, 5) is 14.3. The van der Waals surface area contributed by atoms with Crippen molar-refractivity contribution in [1.82, 2.24) is 9.71 Å². The lowest BCUT2D eigenvalue weighted by atomic mass is 10.3. The number of carbonyl (C=O) groups is 1.